The number of furan rings is 1. The normalized spacial score (nSPS) is 16.3. The van der Waals surface area contributed by atoms with E-state index in [-0.39, 0.29) is 12.0 Å². The van der Waals surface area contributed by atoms with Gasteiger partial charge >= 0.3 is 0 Å². The molecule has 0 aliphatic carbocycles. The lowest BCUT2D eigenvalue weighted by atomic mass is 10.2. The zero-order valence-corrected chi connectivity index (χ0v) is 14.8. The van der Waals surface area contributed by atoms with Gasteiger partial charge in [-0.3, -0.25) is 4.79 Å². The van der Waals surface area contributed by atoms with Crippen molar-refractivity contribution in [3.63, 3.8) is 0 Å². The summed E-state index contributed by atoms with van der Waals surface area (Å²) in [6.07, 6.45) is 4.72. The first-order valence-corrected chi connectivity index (χ1v) is 8.64. The number of hydrogen-bond acceptors (Lipinski definition) is 5. The van der Waals surface area contributed by atoms with E-state index in [1.54, 1.807) is 30.0 Å². The third kappa shape index (κ3) is 3.42. The molecule has 0 aromatic carbocycles. The first-order chi connectivity index (χ1) is 13.1. The van der Waals surface area contributed by atoms with Crippen molar-refractivity contribution in [3.05, 3.63) is 71.6 Å². The SMILES string of the molecule is Cc1occc1C(=O)N1Cc2cccn2CC(Oc2ccc(C#N)cn2)C1. The number of aromatic nitrogens is 2. The molecule has 0 N–H and O–H groups in total. The summed E-state index contributed by atoms with van der Waals surface area (Å²) < 4.78 is 13.4. The number of ether oxygens (including phenoxy) is 1. The van der Waals surface area contributed by atoms with Gasteiger partial charge in [-0.1, -0.05) is 0 Å². The minimum atomic E-state index is -0.268. The van der Waals surface area contributed by atoms with Crippen molar-refractivity contribution >= 4 is 5.91 Å². The van der Waals surface area contributed by atoms with E-state index in [1.807, 2.05) is 24.4 Å². The Bertz CT molecular complexity index is 997. The molecule has 7 nitrogen and oxygen atoms in total. The summed E-state index contributed by atoms with van der Waals surface area (Å²) in [5, 5.41) is 8.90. The first kappa shape index (κ1) is 16.9. The molecule has 1 unspecified atom stereocenters. The second-order valence-electron chi connectivity index (χ2n) is 6.46. The molecule has 0 saturated carbocycles. The lowest BCUT2D eigenvalue weighted by Crippen LogP contribution is -2.38. The van der Waals surface area contributed by atoms with Gasteiger partial charge in [-0.2, -0.15) is 5.26 Å². The van der Waals surface area contributed by atoms with Crippen LogP contribution >= 0.6 is 0 Å². The van der Waals surface area contributed by atoms with Crippen molar-refractivity contribution in [1.82, 2.24) is 14.5 Å². The molecule has 7 heteroatoms. The van der Waals surface area contributed by atoms with Crippen molar-refractivity contribution in [2.24, 2.45) is 0 Å². The van der Waals surface area contributed by atoms with Crippen LogP contribution in [0.5, 0.6) is 5.88 Å². The van der Waals surface area contributed by atoms with Crippen LogP contribution in [-0.4, -0.2) is 33.0 Å². The number of amides is 1. The summed E-state index contributed by atoms with van der Waals surface area (Å²) in [6.45, 7) is 3.31. The molecule has 1 aliphatic rings. The Kier molecular flexibility index (Phi) is 4.38. The maximum absolute atomic E-state index is 13.0. The van der Waals surface area contributed by atoms with E-state index in [0.29, 0.717) is 42.4 Å². The predicted molar refractivity (Wildman–Crippen MR) is 96.0 cm³/mol. The van der Waals surface area contributed by atoms with Crippen LogP contribution in [0.15, 0.2) is 53.4 Å². The van der Waals surface area contributed by atoms with E-state index in [1.165, 1.54) is 12.5 Å². The van der Waals surface area contributed by atoms with Crippen LogP contribution in [0.2, 0.25) is 0 Å². The third-order valence-corrected chi connectivity index (χ3v) is 4.63. The molecule has 0 bridgehead atoms. The fourth-order valence-electron chi connectivity index (χ4n) is 3.25. The molecule has 4 rings (SSSR count). The molecule has 0 radical (unpaired) electrons. The summed E-state index contributed by atoms with van der Waals surface area (Å²) in [7, 11) is 0. The van der Waals surface area contributed by atoms with E-state index in [4.69, 9.17) is 14.4 Å². The van der Waals surface area contributed by atoms with Crippen molar-refractivity contribution in [3.8, 4) is 11.9 Å². The van der Waals surface area contributed by atoms with Gasteiger partial charge in [-0.25, -0.2) is 4.98 Å². The average molecular weight is 362 g/mol. The average Bonchev–Trinajstić information content (AvgIpc) is 3.26. The third-order valence-electron chi connectivity index (χ3n) is 4.63. The Hall–Kier alpha value is -3.53. The molecular formula is C20H18N4O3. The maximum Gasteiger partial charge on any atom is 0.257 e. The number of carbonyl (C=O) groups excluding carboxylic acids is 1. The topological polar surface area (TPSA) is 84.3 Å². The van der Waals surface area contributed by atoms with Gasteiger partial charge < -0.3 is 18.6 Å². The summed E-state index contributed by atoms with van der Waals surface area (Å²) >= 11 is 0. The van der Waals surface area contributed by atoms with Crippen molar-refractivity contribution in [1.29, 1.82) is 5.26 Å². The largest absolute Gasteiger partial charge is 0.471 e. The molecule has 1 aliphatic heterocycles. The minimum Gasteiger partial charge on any atom is -0.471 e. The highest BCUT2D eigenvalue weighted by atomic mass is 16.5. The zero-order valence-electron chi connectivity index (χ0n) is 14.8. The van der Waals surface area contributed by atoms with Crippen molar-refractivity contribution in [2.75, 3.05) is 6.54 Å². The van der Waals surface area contributed by atoms with Crippen molar-refractivity contribution in [2.45, 2.75) is 26.1 Å². The van der Waals surface area contributed by atoms with Crippen LogP contribution in [-0.2, 0) is 13.1 Å². The predicted octanol–water partition coefficient (Wildman–Crippen LogP) is 2.76. The number of nitriles is 1. The minimum absolute atomic E-state index is 0.0858. The Labute approximate surface area is 156 Å². The van der Waals surface area contributed by atoms with Gasteiger partial charge in [0.05, 0.1) is 37.0 Å². The van der Waals surface area contributed by atoms with Gasteiger partial charge in [-0.15, -0.1) is 0 Å². The summed E-state index contributed by atoms with van der Waals surface area (Å²) in [6, 6.07) is 11.0. The lowest BCUT2D eigenvalue weighted by molar-refractivity contribution is 0.0644. The number of hydrogen-bond donors (Lipinski definition) is 0. The molecule has 0 saturated heterocycles. The second-order valence-corrected chi connectivity index (χ2v) is 6.46. The Balaban J connectivity index is 1.59. The molecule has 3 aromatic rings. The van der Waals surface area contributed by atoms with Gasteiger partial charge in [0.25, 0.3) is 5.91 Å². The molecule has 1 atom stereocenters. The van der Waals surface area contributed by atoms with E-state index in [9.17, 15) is 4.79 Å². The van der Waals surface area contributed by atoms with Gasteiger partial charge in [0.2, 0.25) is 5.88 Å². The van der Waals surface area contributed by atoms with Crippen LogP contribution in [0.25, 0.3) is 0 Å². The molecule has 3 aromatic heterocycles. The second kappa shape index (κ2) is 7.00. The Morgan fingerprint density at radius 3 is 2.93 bits per heavy atom. The van der Waals surface area contributed by atoms with E-state index in [0.717, 1.165) is 5.69 Å². The van der Waals surface area contributed by atoms with Crippen LogP contribution in [0.1, 0.15) is 27.4 Å². The van der Waals surface area contributed by atoms with E-state index in [2.05, 4.69) is 9.55 Å². The maximum atomic E-state index is 13.0. The number of rotatable bonds is 3. The zero-order chi connectivity index (χ0) is 18.8. The summed E-state index contributed by atoms with van der Waals surface area (Å²) in [5.74, 6) is 0.949. The van der Waals surface area contributed by atoms with Crippen LogP contribution in [0.3, 0.4) is 0 Å². The molecule has 4 heterocycles. The molecule has 1 amide bonds. The summed E-state index contributed by atoms with van der Waals surface area (Å²) in [4.78, 5) is 18.9. The van der Waals surface area contributed by atoms with Crippen LogP contribution in [0, 0.1) is 18.3 Å². The molecular weight excluding hydrogens is 344 g/mol. The highest BCUT2D eigenvalue weighted by Crippen LogP contribution is 2.21. The van der Waals surface area contributed by atoms with Gasteiger partial charge in [0.15, 0.2) is 0 Å². The Morgan fingerprint density at radius 2 is 2.22 bits per heavy atom. The quantitative estimate of drug-likeness (QED) is 0.715. The summed E-state index contributed by atoms with van der Waals surface area (Å²) in [5.41, 5.74) is 2.08. The highest BCUT2D eigenvalue weighted by molar-refractivity contribution is 5.95. The van der Waals surface area contributed by atoms with Gasteiger partial charge in [-0.05, 0) is 31.2 Å². The number of nitrogens with zero attached hydrogens (tertiary/aromatic N) is 4. The van der Waals surface area contributed by atoms with Gasteiger partial charge in [0.1, 0.15) is 17.9 Å². The lowest BCUT2D eigenvalue weighted by Gasteiger charge is -2.24. The first-order valence-electron chi connectivity index (χ1n) is 8.64. The number of aryl methyl sites for hydroxylation is 1. The molecule has 27 heavy (non-hydrogen) atoms. The monoisotopic (exact) mass is 362 g/mol. The Morgan fingerprint density at radius 1 is 1.33 bits per heavy atom. The fraction of sp³-hybridized carbons (Fsp3) is 0.250. The van der Waals surface area contributed by atoms with Gasteiger partial charge in [0, 0.05) is 24.2 Å². The number of fused-ring (bicyclic) bond motifs is 1. The van der Waals surface area contributed by atoms with E-state index < -0.39 is 0 Å². The van der Waals surface area contributed by atoms with Crippen LogP contribution < -0.4 is 4.74 Å². The highest BCUT2D eigenvalue weighted by Gasteiger charge is 2.28. The molecule has 0 fully saturated rings. The van der Waals surface area contributed by atoms with Crippen LogP contribution in [0.4, 0.5) is 0 Å². The molecule has 136 valence electrons. The fourth-order valence-corrected chi connectivity index (χ4v) is 3.25. The van der Waals surface area contributed by atoms with Crippen molar-refractivity contribution < 1.29 is 13.9 Å². The number of pyridine rings is 1. The van der Waals surface area contributed by atoms with E-state index >= 15 is 0 Å². The standard InChI is InChI=1S/C20H18N4O3/c1-14-18(6-8-26-14)20(25)24-11-16-3-2-7-23(16)12-17(13-24)27-19-5-4-15(9-21)10-22-19/h2-8,10,17H,11-13H2,1H3. The smallest absolute Gasteiger partial charge is 0.257 e. The molecule has 0 spiro atoms. The number of carbonyl (C=O) groups is 1.